The van der Waals surface area contributed by atoms with Gasteiger partial charge in [-0.3, -0.25) is 0 Å². The van der Waals surface area contributed by atoms with Crippen molar-refractivity contribution in [1.29, 1.82) is 0 Å². The first-order valence-electron chi connectivity index (χ1n) is 5.00. The van der Waals surface area contributed by atoms with Gasteiger partial charge in [-0.15, -0.1) is 0 Å². The first-order valence-corrected chi connectivity index (χ1v) is 6.20. The van der Waals surface area contributed by atoms with Crippen molar-refractivity contribution in [3.8, 4) is 0 Å². The minimum Gasteiger partial charge on any atom is -0.381 e. The molecule has 1 N–H and O–H groups in total. The smallest absolute Gasteiger partial charge is 0.144 e. The first-order chi connectivity index (χ1) is 7.16. The molecule has 82 valence electrons. The molecule has 1 unspecified atom stereocenters. The molecule has 2 rings (SSSR count). The lowest BCUT2D eigenvalue weighted by molar-refractivity contribution is 0.185. The minimum atomic E-state index is 0.587. The SMILES string of the molecule is Cc1[nH]c(CC2CCOC2)nc(=S)c1Br. The number of aromatic amines is 1. The van der Waals surface area contributed by atoms with Gasteiger partial charge in [0.05, 0.1) is 4.47 Å². The van der Waals surface area contributed by atoms with E-state index in [9.17, 15) is 0 Å². The standard InChI is InChI=1S/C10H13BrN2OS/c1-6-9(11)10(15)13-8(12-6)4-7-2-3-14-5-7/h7H,2-5H2,1H3,(H,12,13,15). The summed E-state index contributed by atoms with van der Waals surface area (Å²) in [6.07, 6.45) is 2.05. The Morgan fingerprint density at radius 1 is 1.67 bits per heavy atom. The Kier molecular flexibility index (Phi) is 3.53. The highest BCUT2D eigenvalue weighted by molar-refractivity contribution is 9.10. The molecule has 0 spiro atoms. The fourth-order valence-corrected chi connectivity index (χ4v) is 2.20. The van der Waals surface area contributed by atoms with E-state index in [1.807, 2.05) is 6.92 Å². The second kappa shape index (κ2) is 4.72. The number of nitrogens with one attached hydrogen (secondary N) is 1. The van der Waals surface area contributed by atoms with E-state index in [1.165, 1.54) is 0 Å². The fraction of sp³-hybridized carbons (Fsp3) is 0.600. The topological polar surface area (TPSA) is 37.9 Å². The van der Waals surface area contributed by atoms with Gasteiger partial charge in [0.1, 0.15) is 10.5 Å². The number of aryl methyl sites for hydroxylation is 1. The third-order valence-corrected chi connectivity index (χ3v) is 4.12. The summed E-state index contributed by atoms with van der Waals surface area (Å²) in [7, 11) is 0. The van der Waals surface area contributed by atoms with Crippen molar-refractivity contribution in [2.24, 2.45) is 5.92 Å². The molecule has 1 aliphatic rings. The van der Waals surface area contributed by atoms with E-state index in [2.05, 4.69) is 25.9 Å². The molecular formula is C10H13BrN2OS. The quantitative estimate of drug-likeness (QED) is 0.851. The van der Waals surface area contributed by atoms with Crippen LogP contribution in [-0.2, 0) is 11.2 Å². The van der Waals surface area contributed by atoms with Gasteiger partial charge in [-0.2, -0.15) is 0 Å². The molecular weight excluding hydrogens is 276 g/mol. The monoisotopic (exact) mass is 288 g/mol. The Morgan fingerprint density at radius 3 is 3.07 bits per heavy atom. The van der Waals surface area contributed by atoms with Crippen LogP contribution in [0.15, 0.2) is 4.47 Å². The van der Waals surface area contributed by atoms with Crippen LogP contribution in [0.25, 0.3) is 0 Å². The highest BCUT2D eigenvalue weighted by Crippen LogP contribution is 2.19. The molecule has 1 aromatic heterocycles. The van der Waals surface area contributed by atoms with Crippen molar-refractivity contribution >= 4 is 28.1 Å². The third kappa shape index (κ3) is 2.65. The lowest BCUT2D eigenvalue weighted by Crippen LogP contribution is -2.08. The number of nitrogens with zero attached hydrogens (tertiary/aromatic N) is 1. The van der Waals surface area contributed by atoms with Gasteiger partial charge in [-0.1, -0.05) is 12.2 Å². The third-order valence-electron chi connectivity index (χ3n) is 2.59. The Labute approximate surface area is 102 Å². The van der Waals surface area contributed by atoms with Gasteiger partial charge >= 0.3 is 0 Å². The molecule has 15 heavy (non-hydrogen) atoms. The Bertz CT molecular complexity index is 412. The van der Waals surface area contributed by atoms with Crippen LogP contribution in [0.4, 0.5) is 0 Å². The molecule has 0 saturated carbocycles. The zero-order valence-corrected chi connectivity index (χ0v) is 10.9. The van der Waals surface area contributed by atoms with Crippen molar-refractivity contribution in [3.05, 3.63) is 20.6 Å². The van der Waals surface area contributed by atoms with E-state index in [0.717, 1.165) is 42.0 Å². The van der Waals surface area contributed by atoms with Crippen molar-refractivity contribution < 1.29 is 4.74 Å². The number of hydrogen-bond acceptors (Lipinski definition) is 3. The van der Waals surface area contributed by atoms with Crippen molar-refractivity contribution in [3.63, 3.8) is 0 Å². The molecule has 2 heterocycles. The number of rotatable bonds is 2. The van der Waals surface area contributed by atoms with Gasteiger partial charge < -0.3 is 9.72 Å². The predicted molar refractivity (Wildman–Crippen MR) is 64.5 cm³/mol. The van der Waals surface area contributed by atoms with E-state index in [1.54, 1.807) is 0 Å². The maximum Gasteiger partial charge on any atom is 0.144 e. The average molecular weight is 289 g/mol. The Morgan fingerprint density at radius 2 is 2.47 bits per heavy atom. The zero-order valence-electron chi connectivity index (χ0n) is 8.55. The van der Waals surface area contributed by atoms with Crippen LogP contribution in [0.3, 0.4) is 0 Å². The van der Waals surface area contributed by atoms with E-state index in [-0.39, 0.29) is 0 Å². The van der Waals surface area contributed by atoms with Gasteiger partial charge in [0.2, 0.25) is 0 Å². The van der Waals surface area contributed by atoms with E-state index >= 15 is 0 Å². The lowest BCUT2D eigenvalue weighted by atomic mass is 10.1. The molecule has 1 fully saturated rings. The molecule has 1 aliphatic heterocycles. The molecule has 0 bridgehead atoms. The number of hydrogen-bond donors (Lipinski definition) is 1. The van der Waals surface area contributed by atoms with E-state index < -0.39 is 0 Å². The molecule has 0 aromatic carbocycles. The molecule has 0 radical (unpaired) electrons. The maximum atomic E-state index is 5.34. The highest BCUT2D eigenvalue weighted by Gasteiger charge is 2.17. The number of H-pyrrole nitrogens is 1. The molecule has 1 aromatic rings. The molecule has 3 nitrogen and oxygen atoms in total. The fourth-order valence-electron chi connectivity index (χ4n) is 1.75. The van der Waals surface area contributed by atoms with Crippen LogP contribution in [0.1, 0.15) is 17.9 Å². The summed E-state index contributed by atoms with van der Waals surface area (Å²) < 4.78 is 6.87. The van der Waals surface area contributed by atoms with Gasteiger partial charge in [-0.25, -0.2) is 4.98 Å². The molecule has 1 saturated heterocycles. The van der Waals surface area contributed by atoms with Crippen LogP contribution in [0, 0.1) is 17.5 Å². The lowest BCUT2D eigenvalue weighted by Gasteiger charge is -2.08. The zero-order chi connectivity index (χ0) is 10.8. The van der Waals surface area contributed by atoms with Crippen LogP contribution in [0.2, 0.25) is 0 Å². The summed E-state index contributed by atoms with van der Waals surface area (Å²) in [6, 6.07) is 0. The highest BCUT2D eigenvalue weighted by atomic mass is 79.9. The Balaban J connectivity index is 2.18. The summed E-state index contributed by atoms with van der Waals surface area (Å²) in [6.45, 7) is 3.72. The van der Waals surface area contributed by atoms with Crippen LogP contribution in [-0.4, -0.2) is 23.2 Å². The van der Waals surface area contributed by atoms with Gasteiger partial charge in [0.15, 0.2) is 0 Å². The summed E-state index contributed by atoms with van der Waals surface area (Å²) in [5.74, 6) is 1.56. The number of ether oxygens (including phenoxy) is 1. The van der Waals surface area contributed by atoms with Crippen molar-refractivity contribution in [1.82, 2.24) is 9.97 Å². The molecule has 0 amide bonds. The number of halogens is 1. The normalized spacial score (nSPS) is 20.8. The van der Waals surface area contributed by atoms with Gasteiger partial charge in [0.25, 0.3) is 0 Å². The second-order valence-corrected chi connectivity index (χ2v) is 5.04. The van der Waals surface area contributed by atoms with Crippen molar-refractivity contribution in [2.45, 2.75) is 19.8 Å². The summed E-state index contributed by atoms with van der Waals surface area (Å²) in [4.78, 5) is 7.62. The summed E-state index contributed by atoms with van der Waals surface area (Å²) in [5.41, 5.74) is 1.05. The maximum absolute atomic E-state index is 5.34. The second-order valence-electron chi connectivity index (χ2n) is 3.86. The summed E-state index contributed by atoms with van der Waals surface area (Å²) in [5, 5.41) is 0. The van der Waals surface area contributed by atoms with Gasteiger partial charge in [0, 0.05) is 25.3 Å². The average Bonchev–Trinajstić information content (AvgIpc) is 2.66. The van der Waals surface area contributed by atoms with Gasteiger partial charge in [-0.05, 0) is 35.2 Å². The van der Waals surface area contributed by atoms with Crippen LogP contribution < -0.4 is 0 Å². The molecule has 1 atom stereocenters. The van der Waals surface area contributed by atoms with Crippen LogP contribution >= 0.6 is 28.1 Å². The minimum absolute atomic E-state index is 0.587. The number of aromatic nitrogens is 2. The Hall–Kier alpha value is -0.260. The molecule has 0 aliphatic carbocycles. The largest absolute Gasteiger partial charge is 0.381 e. The van der Waals surface area contributed by atoms with E-state index in [0.29, 0.717) is 10.6 Å². The van der Waals surface area contributed by atoms with E-state index in [4.69, 9.17) is 17.0 Å². The summed E-state index contributed by atoms with van der Waals surface area (Å²) >= 11 is 8.56. The predicted octanol–water partition coefficient (Wildman–Crippen LogP) is 2.79. The van der Waals surface area contributed by atoms with Crippen molar-refractivity contribution in [2.75, 3.05) is 13.2 Å². The first kappa shape index (κ1) is 11.2. The molecule has 5 heteroatoms. The van der Waals surface area contributed by atoms with Crippen LogP contribution in [0.5, 0.6) is 0 Å².